The van der Waals surface area contributed by atoms with E-state index in [1.165, 1.54) is 12.5 Å². The fourth-order valence-electron chi connectivity index (χ4n) is 4.71. The number of halogens is 1. The Morgan fingerprint density at radius 3 is 2.36 bits per heavy atom. The third kappa shape index (κ3) is 6.12. The van der Waals surface area contributed by atoms with Crippen LogP contribution in [0.4, 0.5) is 0 Å². The van der Waals surface area contributed by atoms with Crippen molar-refractivity contribution in [3.8, 4) is 5.75 Å². The molecule has 4 aromatic rings. The average Bonchev–Trinajstić information content (AvgIpc) is 3.14. The molecule has 1 amide bonds. The molecule has 0 aliphatic heterocycles. The molecule has 0 aliphatic carbocycles. The number of carboxylic acid groups (broad SMARTS) is 1. The number of hydrogen-bond acceptors (Lipinski definition) is 3. The number of hydrogen-bond donors (Lipinski definition) is 2. The van der Waals surface area contributed by atoms with E-state index in [1.807, 2.05) is 43.3 Å². The van der Waals surface area contributed by atoms with Gasteiger partial charge in [0.05, 0.1) is 11.1 Å². The van der Waals surface area contributed by atoms with Crippen LogP contribution in [0, 0.1) is 13.8 Å². The number of ether oxygens (including phenoxy) is 1. The van der Waals surface area contributed by atoms with E-state index in [0.29, 0.717) is 28.8 Å². The number of fused-ring (bicyclic) bond motifs is 1. The van der Waals surface area contributed by atoms with Crippen LogP contribution >= 0.6 is 11.6 Å². The molecule has 4 rings (SSSR count). The van der Waals surface area contributed by atoms with Crippen LogP contribution in [-0.4, -0.2) is 27.7 Å². The molecule has 0 bridgehead atoms. The summed E-state index contributed by atoms with van der Waals surface area (Å²) in [6, 6.07) is 19.4. The Bertz CT molecular complexity index is 1540. The highest BCUT2D eigenvalue weighted by atomic mass is 35.5. The fraction of sp³-hybridized carbons (Fsp3) is 0.312. The Labute approximate surface area is 234 Å². The predicted molar refractivity (Wildman–Crippen MR) is 156 cm³/mol. The molecule has 0 saturated carbocycles. The molecular weight excluding hydrogens is 512 g/mol. The van der Waals surface area contributed by atoms with Gasteiger partial charge in [-0.15, -0.1) is 0 Å². The lowest BCUT2D eigenvalue weighted by Gasteiger charge is -2.17. The summed E-state index contributed by atoms with van der Waals surface area (Å²) in [7, 11) is 0. The van der Waals surface area contributed by atoms with Gasteiger partial charge in [-0.25, -0.2) is 4.79 Å². The van der Waals surface area contributed by atoms with E-state index in [4.69, 9.17) is 21.4 Å². The number of carbonyl (C=O) groups is 2. The number of nitrogens with zero attached hydrogens (tertiary/aromatic N) is 1. The molecule has 2 atom stereocenters. The molecular formula is C32H35ClN2O4. The normalized spacial score (nSPS) is 12.9. The number of aryl methyl sites for hydroxylation is 1. The van der Waals surface area contributed by atoms with Crippen molar-refractivity contribution < 1.29 is 19.4 Å². The Balaban J connectivity index is 1.55. The SMILES string of the molecule is Cc1c(C)n(Cc2ccc(OC(C)C(=O)O)c(Cl)c2)c2ccc(C(=O)N[C@@H](C)c3cccc(C(C)C)c3)cc12. The van der Waals surface area contributed by atoms with Gasteiger partial charge in [-0.2, -0.15) is 0 Å². The van der Waals surface area contributed by atoms with E-state index in [1.54, 1.807) is 12.1 Å². The minimum atomic E-state index is -1.05. The van der Waals surface area contributed by atoms with Crippen LogP contribution in [0.15, 0.2) is 60.7 Å². The van der Waals surface area contributed by atoms with Crippen molar-refractivity contribution in [2.45, 2.75) is 66.2 Å². The molecule has 0 spiro atoms. The highest BCUT2D eigenvalue weighted by Crippen LogP contribution is 2.30. The standard InChI is InChI=1S/C32H35ClN2O4/c1-18(2)24-8-7-9-25(15-24)20(4)34-31(36)26-11-12-29-27(16-26)19(3)21(5)35(29)17-23-10-13-30(28(33)14-23)39-22(6)32(37)38/h7-16,18,20,22H,17H2,1-6H3,(H,34,36)(H,37,38)/t20-,22?/m0/s1. The van der Waals surface area contributed by atoms with Gasteiger partial charge >= 0.3 is 5.97 Å². The summed E-state index contributed by atoms with van der Waals surface area (Å²) >= 11 is 6.40. The molecule has 0 aliphatic rings. The first-order chi connectivity index (χ1) is 18.5. The summed E-state index contributed by atoms with van der Waals surface area (Å²) in [6.07, 6.45) is -0.994. The molecule has 7 heteroatoms. The molecule has 1 unspecified atom stereocenters. The van der Waals surface area contributed by atoms with Crippen LogP contribution in [0.3, 0.4) is 0 Å². The molecule has 1 aromatic heterocycles. The molecule has 0 saturated heterocycles. The van der Waals surface area contributed by atoms with Crippen LogP contribution in [0.5, 0.6) is 5.75 Å². The van der Waals surface area contributed by atoms with Gasteiger partial charge in [0.15, 0.2) is 6.10 Å². The lowest BCUT2D eigenvalue weighted by molar-refractivity contribution is -0.144. The number of benzene rings is 3. The monoisotopic (exact) mass is 546 g/mol. The highest BCUT2D eigenvalue weighted by Gasteiger charge is 2.18. The molecule has 0 radical (unpaired) electrons. The van der Waals surface area contributed by atoms with Gasteiger partial charge in [0.1, 0.15) is 5.75 Å². The zero-order chi connectivity index (χ0) is 28.4. The first kappa shape index (κ1) is 28.2. The van der Waals surface area contributed by atoms with E-state index in [2.05, 4.69) is 49.7 Å². The molecule has 39 heavy (non-hydrogen) atoms. The summed E-state index contributed by atoms with van der Waals surface area (Å²) in [4.78, 5) is 24.3. The second-order valence-electron chi connectivity index (χ2n) is 10.4. The number of carbonyl (C=O) groups excluding carboxylic acids is 1. The largest absolute Gasteiger partial charge is 0.479 e. The summed E-state index contributed by atoms with van der Waals surface area (Å²) in [5, 5.41) is 13.6. The number of aromatic nitrogens is 1. The second kappa shape index (κ2) is 11.5. The van der Waals surface area contributed by atoms with Gasteiger partial charge < -0.3 is 19.7 Å². The maximum absolute atomic E-state index is 13.2. The first-order valence-corrected chi connectivity index (χ1v) is 13.5. The van der Waals surface area contributed by atoms with Crippen molar-refractivity contribution in [3.63, 3.8) is 0 Å². The first-order valence-electron chi connectivity index (χ1n) is 13.1. The van der Waals surface area contributed by atoms with Gasteiger partial charge in [0.2, 0.25) is 0 Å². The van der Waals surface area contributed by atoms with Gasteiger partial charge in [-0.05, 0) is 86.2 Å². The minimum absolute atomic E-state index is 0.109. The Kier molecular flexibility index (Phi) is 8.36. The third-order valence-corrected chi connectivity index (χ3v) is 7.61. The second-order valence-corrected chi connectivity index (χ2v) is 10.8. The topological polar surface area (TPSA) is 80.6 Å². The third-order valence-electron chi connectivity index (χ3n) is 7.31. The van der Waals surface area contributed by atoms with Crippen molar-refractivity contribution in [1.82, 2.24) is 9.88 Å². The molecule has 2 N–H and O–H groups in total. The molecule has 0 fully saturated rings. The van der Waals surface area contributed by atoms with Crippen molar-refractivity contribution >= 4 is 34.4 Å². The number of nitrogens with one attached hydrogen (secondary N) is 1. The van der Waals surface area contributed by atoms with Crippen LogP contribution in [-0.2, 0) is 11.3 Å². The van der Waals surface area contributed by atoms with Crippen molar-refractivity contribution in [1.29, 1.82) is 0 Å². The Morgan fingerprint density at radius 1 is 0.974 bits per heavy atom. The number of amides is 1. The minimum Gasteiger partial charge on any atom is -0.479 e. The van der Waals surface area contributed by atoms with Crippen LogP contribution in [0.2, 0.25) is 5.02 Å². The van der Waals surface area contributed by atoms with Gasteiger partial charge in [0, 0.05) is 28.7 Å². The molecule has 1 heterocycles. The quantitative estimate of drug-likeness (QED) is 0.229. The molecule has 204 valence electrons. The van der Waals surface area contributed by atoms with Crippen molar-refractivity contribution in [2.24, 2.45) is 0 Å². The molecule has 6 nitrogen and oxygen atoms in total. The number of rotatable bonds is 9. The van der Waals surface area contributed by atoms with Crippen molar-refractivity contribution in [2.75, 3.05) is 0 Å². The van der Waals surface area contributed by atoms with Gasteiger partial charge in [-0.1, -0.05) is 55.8 Å². The average molecular weight is 547 g/mol. The molecule has 3 aromatic carbocycles. The zero-order valence-corrected chi connectivity index (χ0v) is 24.0. The van der Waals surface area contributed by atoms with E-state index in [-0.39, 0.29) is 11.9 Å². The highest BCUT2D eigenvalue weighted by molar-refractivity contribution is 6.32. The maximum Gasteiger partial charge on any atom is 0.344 e. The van der Waals surface area contributed by atoms with E-state index < -0.39 is 12.1 Å². The summed E-state index contributed by atoms with van der Waals surface area (Å²) < 4.78 is 7.63. The number of carboxylic acids is 1. The lowest BCUT2D eigenvalue weighted by atomic mass is 9.98. The van der Waals surface area contributed by atoms with Crippen LogP contribution in [0.1, 0.15) is 78.0 Å². The van der Waals surface area contributed by atoms with Crippen molar-refractivity contribution in [3.05, 3.63) is 99.2 Å². The zero-order valence-electron chi connectivity index (χ0n) is 23.2. The van der Waals surface area contributed by atoms with E-state index in [9.17, 15) is 9.59 Å². The van der Waals surface area contributed by atoms with Gasteiger partial charge in [-0.3, -0.25) is 4.79 Å². The Hall–Kier alpha value is -3.77. The number of aliphatic carboxylic acids is 1. The maximum atomic E-state index is 13.2. The fourth-order valence-corrected chi connectivity index (χ4v) is 4.95. The van der Waals surface area contributed by atoms with Crippen LogP contribution < -0.4 is 10.1 Å². The van der Waals surface area contributed by atoms with Gasteiger partial charge in [0.25, 0.3) is 5.91 Å². The smallest absolute Gasteiger partial charge is 0.344 e. The lowest BCUT2D eigenvalue weighted by Crippen LogP contribution is -2.26. The summed E-state index contributed by atoms with van der Waals surface area (Å²) in [6.45, 7) is 12.5. The summed E-state index contributed by atoms with van der Waals surface area (Å²) in [5.74, 6) is -0.403. The summed E-state index contributed by atoms with van der Waals surface area (Å²) in [5.41, 5.74) is 7.13. The van der Waals surface area contributed by atoms with Crippen LogP contribution in [0.25, 0.3) is 10.9 Å². The van der Waals surface area contributed by atoms with E-state index in [0.717, 1.165) is 33.3 Å². The Morgan fingerprint density at radius 2 is 1.69 bits per heavy atom. The van der Waals surface area contributed by atoms with E-state index >= 15 is 0 Å². The predicted octanol–water partition coefficient (Wildman–Crippen LogP) is 7.43.